The van der Waals surface area contributed by atoms with Crippen molar-refractivity contribution in [3.05, 3.63) is 59.2 Å². The predicted molar refractivity (Wildman–Crippen MR) is 119 cm³/mol. The second kappa shape index (κ2) is 11.6. The van der Waals surface area contributed by atoms with Gasteiger partial charge in [-0.2, -0.15) is 0 Å². The molecule has 1 aliphatic carbocycles. The van der Waals surface area contributed by atoms with Gasteiger partial charge >= 0.3 is 0 Å². The molecule has 6 heteroatoms. The Morgan fingerprint density at radius 1 is 1.21 bits per heavy atom. The third kappa shape index (κ3) is 6.85. The Morgan fingerprint density at radius 2 is 1.93 bits per heavy atom. The summed E-state index contributed by atoms with van der Waals surface area (Å²) < 4.78 is 5.06. The minimum absolute atomic E-state index is 0.191. The van der Waals surface area contributed by atoms with E-state index in [0.29, 0.717) is 24.5 Å². The number of hydrogen-bond donors (Lipinski definition) is 5. The summed E-state index contributed by atoms with van der Waals surface area (Å²) in [7, 11) is 1.65. The maximum atomic E-state index is 9.92. The first-order valence-corrected chi connectivity index (χ1v) is 10.1. The Kier molecular flexibility index (Phi) is 9.12. The monoisotopic (exact) mass is 398 g/mol. The highest BCUT2D eigenvalue weighted by Gasteiger charge is 2.22. The van der Waals surface area contributed by atoms with E-state index in [1.54, 1.807) is 14.0 Å². The van der Waals surface area contributed by atoms with Gasteiger partial charge in [-0.3, -0.25) is 0 Å². The van der Waals surface area contributed by atoms with Crippen molar-refractivity contribution in [2.24, 2.45) is 5.73 Å². The number of nitrogens with one attached hydrogen (secondary N) is 2. The maximum Gasteiger partial charge on any atom is 0.123 e. The molecule has 3 rings (SSSR count). The van der Waals surface area contributed by atoms with Crippen LogP contribution in [0.4, 0.5) is 5.69 Å². The highest BCUT2D eigenvalue weighted by Crippen LogP contribution is 2.20. The van der Waals surface area contributed by atoms with E-state index in [-0.39, 0.29) is 12.1 Å². The van der Waals surface area contributed by atoms with Crippen LogP contribution in [0.25, 0.3) is 0 Å². The van der Waals surface area contributed by atoms with Crippen LogP contribution in [0.2, 0.25) is 0 Å². The van der Waals surface area contributed by atoms with Crippen LogP contribution in [-0.4, -0.2) is 30.1 Å². The smallest absolute Gasteiger partial charge is 0.123 e. The minimum atomic E-state index is -0.230. The number of methoxy groups -OCH3 is 1. The fourth-order valence-electron chi connectivity index (χ4n) is 3.51. The molecule has 2 atom stereocenters. The third-order valence-electron chi connectivity index (χ3n) is 5.23. The van der Waals surface area contributed by atoms with Crippen molar-refractivity contribution in [1.82, 2.24) is 5.32 Å². The standard InChI is InChI=1S/C15H23N3O.C8H11NO/c1-10(16)12-8-11(6-7-13(12)17)9-18-14-4-2-3-5-15(14)19;1-10-8-5-3-2-4-7(8)6-9/h6-8,14-16,18-19H,2-5,9,17H2,1H3;2-5H,6,9H2,1H3. The van der Waals surface area contributed by atoms with Gasteiger partial charge in [-0.15, -0.1) is 0 Å². The van der Waals surface area contributed by atoms with Crippen LogP contribution in [0, 0.1) is 5.41 Å². The Morgan fingerprint density at radius 3 is 2.55 bits per heavy atom. The zero-order valence-corrected chi connectivity index (χ0v) is 17.4. The van der Waals surface area contributed by atoms with Gasteiger partial charge in [0.25, 0.3) is 0 Å². The van der Waals surface area contributed by atoms with Gasteiger partial charge in [-0.25, -0.2) is 0 Å². The second-order valence-corrected chi connectivity index (χ2v) is 7.40. The number of anilines is 1. The molecule has 0 heterocycles. The van der Waals surface area contributed by atoms with Crippen molar-refractivity contribution in [1.29, 1.82) is 5.41 Å². The predicted octanol–water partition coefficient (Wildman–Crippen LogP) is 3.20. The third-order valence-corrected chi connectivity index (χ3v) is 5.23. The highest BCUT2D eigenvalue weighted by atomic mass is 16.5. The first kappa shape index (κ1) is 22.9. The van der Waals surface area contributed by atoms with Gasteiger partial charge in [-0.05, 0) is 43.5 Å². The van der Waals surface area contributed by atoms with Crippen LogP contribution >= 0.6 is 0 Å². The lowest BCUT2D eigenvalue weighted by Gasteiger charge is -2.28. The maximum absolute atomic E-state index is 9.92. The van der Waals surface area contributed by atoms with Crippen LogP contribution < -0.4 is 21.5 Å². The van der Waals surface area contributed by atoms with Gasteiger partial charge in [0.15, 0.2) is 0 Å². The largest absolute Gasteiger partial charge is 0.496 e. The summed E-state index contributed by atoms with van der Waals surface area (Å²) in [4.78, 5) is 0. The average molecular weight is 399 g/mol. The second-order valence-electron chi connectivity index (χ2n) is 7.40. The van der Waals surface area contributed by atoms with Crippen LogP contribution in [0.1, 0.15) is 49.3 Å². The van der Waals surface area contributed by atoms with E-state index in [4.69, 9.17) is 21.6 Å². The number of ether oxygens (including phenoxy) is 1. The molecule has 6 nitrogen and oxygen atoms in total. The fraction of sp³-hybridized carbons (Fsp3) is 0.435. The molecule has 0 radical (unpaired) electrons. The topological polar surface area (TPSA) is 117 Å². The number of aliphatic hydroxyl groups excluding tert-OH is 1. The van der Waals surface area contributed by atoms with E-state index in [1.165, 1.54) is 6.42 Å². The molecule has 2 aromatic carbocycles. The van der Waals surface area contributed by atoms with Gasteiger partial charge in [0.1, 0.15) is 5.75 Å². The Hall–Kier alpha value is -2.41. The molecule has 0 saturated heterocycles. The number of nitrogen functional groups attached to an aromatic ring is 1. The lowest BCUT2D eigenvalue weighted by atomic mass is 9.92. The van der Waals surface area contributed by atoms with E-state index >= 15 is 0 Å². The van der Waals surface area contributed by atoms with Crippen LogP contribution in [0.3, 0.4) is 0 Å². The SMILES string of the molecule is CC(=N)c1cc(CNC2CCCCC2O)ccc1N.COc1ccccc1CN. The van der Waals surface area contributed by atoms with Gasteiger partial charge in [0.05, 0.1) is 13.2 Å². The van der Waals surface area contributed by atoms with E-state index in [9.17, 15) is 5.11 Å². The minimum Gasteiger partial charge on any atom is -0.496 e. The summed E-state index contributed by atoms with van der Waals surface area (Å²) in [5.74, 6) is 0.866. The van der Waals surface area contributed by atoms with Crippen molar-refractivity contribution >= 4 is 11.4 Å². The Balaban J connectivity index is 0.000000253. The van der Waals surface area contributed by atoms with Gasteiger partial charge < -0.3 is 32.0 Å². The molecule has 158 valence electrons. The molecule has 7 N–H and O–H groups in total. The van der Waals surface area contributed by atoms with E-state index in [2.05, 4.69) is 5.32 Å². The number of aliphatic hydroxyl groups is 1. The molecular formula is C23H34N4O2. The molecule has 1 saturated carbocycles. The zero-order valence-electron chi connectivity index (χ0n) is 17.4. The molecule has 0 aliphatic heterocycles. The zero-order chi connectivity index (χ0) is 21.2. The van der Waals surface area contributed by atoms with Crippen molar-refractivity contribution < 1.29 is 9.84 Å². The van der Waals surface area contributed by atoms with Crippen molar-refractivity contribution in [2.75, 3.05) is 12.8 Å². The number of rotatable bonds is 6. The first-order valence-electron chi connectivity index (χ1n) is 10.1. The number of nitrogens with two attached hydrogens (primary N) is 2. The summed E-state index contributed by atoms with van der Waals surface area (Å²) in [6.07, 6.45) is 4.00. The summed E-state index contributed by atoms with van der Waals surface area (Å²) in [5.41, 5.74) is 15.4. The van der Waals surface area contributed by atoms with E-state index in [1.807, 2.05) is 42.5 Å². The van der Waals surface area contributed by atoms with Gasteiger partial charge in [-0.1, -0.05) is 37.1 Å². The van der Waals surface area contributed by atoms with Crippen molar-refractivity contribution in [3.8, 4) is 5.75 Å². The lowest BCUT2D eigenvalue weighted by molar-refractivity contribution is 0.0902. The Labute approximate surface area is 173 Å². The first-order chi connectivity index (χ1) is 14.0. The molecule has 0 bridgehead atoms. The van der Waals surface area contributed by atoms with Crippen LogP contribution in [0.15, 0.2) is 42.5 Å². The van der Waals surface area contributed by atoms with Crippen molar-refractivity contribution in [2.45, 2.75) is 57.8 Å². The highest BCUT2D eigenvalue weighted by molar-refractivity contribution is 6.01. The molecule has 0 spiro atoms. The summed E-state index contributed by atoms with van der Waals surface area (Å²) in [6, 6.07) is 13.7. The normalized spacial score (nSPS) is 18.5. The molecule has 1 fully saturated rings. The van der Waals surface area contributed by atoms with Crippen molar-refractivity contribution in [3.63, 3.8) is 0 Å². The number of benzene rings is 2. The van der Waals surface area contributed by atoms with Gasteiger partial charge in [0, 0.05) is 41.7 Å². The molecule has 1 aliphatic rings. The van der Waals surface area contributed by atoms with E-state index < -0.39 is 0 Å². The number of para-hydroxylation sites is 1. The van der Waals surface area contributed by atoms with Crippen LogP contribution in [-0.2, 0) is 13.1 Å². The fourth-order valence-corrected chi connectivity index (χ4v) is 3.51. The lowest BCUT2D eigenvalue weighted by Crippen LogP contribution is -2.41. The molecule has 0 aromatic heterocycles. The number of hydrogen-bond acceptors (Lipinski definition) is 6. The summed E-state index contributed by atoms with van der Waals surface area (Å²) in [6.45, 7) is 2.99. The molecule has 2 unspecified atom stereocenters. The molecule has 2 aromatic rings. The van der Waals surface area contributed by atoms with Gasteiger partial charge in [0.2, 0.25) is 0 Å². The molecular weight excluding hydrogens is 364 g/mol. The average Bonchev–Trinajstić information content (AvgIpc) is 2.74. The van der Waals surface area contributed by atoms with Crippen LogP contribution in [0.5, 0.6) is 5.75 Å². The molecule has 29 heavy (non-hydrogen) atoms. The molecule has 0 amide bonds. The quantitative estimate of drug-likeness (QED) is 0.378. The summed E-state index contributed by atoms with van der Waals surface area (Å²) in [5, 5.41) is 21.0. The van der Waals surface area contributed by atoms with E-state index in [0.717, 1.165) is 41.7 Å². The summed E-state index contributed by atoms with van der Waals surface area (Å²) >= 11 is 0. The Bertz CT molecular complexity index is 771.